The van der Waals surface area contributed by atoms with Crippen LogP contribution in [-0.2, 0) is 16.2 Å². The van der Waals surface area contributed by atoms with E-state index in [-0.39, 0.29) is 52.0 Å². The number of nitrogens with zero attached hydrogens (tertiary/aromatic N) is 2. The third-order valence-corrected chi connectivity index (χ3v) is 12.7. The van der Waals surface area contributed by atoms with E-state index in [1.807, 2.05) is 42.5 Å². The van der Waals surface area contributed by atoms with Crippen molar-refractivity contribution in [2.45, 2.75) is 29.2 Å². The number of nitrogens with one attached hydrogen (secondary N) is 1. The van der Waals surface area contributed by atoms with Crippen LogP contribution in [0.4, 0.5) is 11.4 Å². The Balaban J connectivity index is 1.23. The minimum absolute atomic E-state index is 0.0492. The molecule has 44 heavy (non-hydrogen) atoms. The van der Waals surface area contributed by atoms with Gasteiger partial charge in [0.15, 0.2) is 0 Å². The van der Waals surface area contributed by atoms with Crippen LogP contribution in [0.1, 0.15) is 28.3 Å². The van der Waals surface area contributed by atoms with E-state index >= 15 is 0 Å². The van der Waals surface area contributed by atoms with E-state index in [2.05, 4.69) is 20.9 Å². The summed E-state index contributed by atoms with van der Waals surface area (Å²) >= 11 is 6.11. The molecular weight excluding hydrogens is 666 g/mol. The number of aromatic amines is 1. The highest BCUT2D eigenvalue weighted by Gasteiger charge is 2.70. The summed E-state index contributed by atoms with van der Waals surface area (Å²) in [6.45, 7) is 0.267. The van der Waals surface area contributed by atoms with Gasteiger partial charge in [0.1, 0.15) is 12.4 Å². The fourth-order valence-corrected chi connectivity index (χ4v) is 11.1. The van der Waals surface area contributed by atoms with Gasteiger partial charge < -0.3 is 9.72 Å². The van der Waals surface area contributed by atoms with Gasteiger partial charge >= 0.3 is 4.87 Å². The number of nitro benzene ring substituents is 1. The molecule has 8 rings (SSSR count). The van der Waals surface area contributed by atoms with Crippen molar-refractivity contribution >= 4 is 62.2 Å². The highest BCUT2D eigenvalue weighted by molar-refractivity contribution is 9.10. The Bertz CT molecular complexity index is 1890. The number of hydrogen-bond donors (Lipinski definition) is 1. The van der Waals surface area contributed by atoms with Crippen molar-refractivity contribution < 1.29 is 19.2 Å². The molecule has 1 N–H and O–H groups in total. The third-order valence-electron chi connectivity index (χ3n) is 9.59. The molecule has 1 saturated heterocycles. The molecule has 1 aromatic heterocycles. The number of aromatic nitrogens is 1. The number of thioether (sulfide) groups is 1. The number of ether oxygens (including phenoxy) is 1. The molecule has 2 aliphatic heterocycles. The van der Waals surface area contributed by atoms with Gasteiger partial charge in [-0.2, -0.15) is 0 Å². The number of nitro groups is 1. The van der Waals surface area contributed by atoms with E-state index in [4.69, 9.17) is 4.74 Å². The van der Waals surface area contributed by atoms with Crippen LogP contribution >= 0.6 is 39.0 Å². The molecule has 4 aromatic rings. The third kappa shape index (κ3) is 4.21. The van der Waals surface area contributed by atoms with Crippen molar-refractivity contribution in [1.29, 1.82) is 0 Å². The maximum absolute atomic E-state index is 14.0. The van der Waals surface area contributed by atoms with Crippen LogP contribution in [0, 0.1) is 39.7 Å². The SMILES string of the molecule is O=C1C2C(C(=O)N1c1ccc(Br)cc1)[C@@H]1C[C@H]2C2Sc3[nH]c(=O)sc3C(c3cc([N+](=O)[O-])ccc3OCc3ccccc3)C21. The zero-order valence-corrected chi connectivity index (χ0v) is 26.1. The lowest BCUT2D eigenvalue weighted by molar-refractivity contribution is -0.385. The van der Waals surface area contributed by atoms with E-state index in [9.17, 15) is 24.5 Å². The predicted octanol–water partition coefficient (Wildman–Crippen LogP) is 6.36. The molecule has 3 aromatic carbocycles. The molecule has 5 unspecified atom stereocenters. The standard InChI is InChI=1S/C32H24BrN3O6S2/c33-16-6-8-17(9-7-16)35-30(37)25-20-13-21(26(25)31(35)38)27-24(20)23(28-29(43-27)34-32(39)44-28)19-12-18(36(40)41)10-11-22(19)42-14-15-4-2-1-3-5-15/h1-12,20-21,23-27H,13-14H2,(H,34,39)/t20-,21-,23?,24?,25?,26?,27?/m1/s1. The van der Waals surface area contributed by atoms with Crippen LogP contribution < -0.4 is 14.5 Å². The second-order valence-electron chi connectivity index (χ2n) is 11.7. The van der Waals surface area contributed by atoms with Crippen LogP contribution in [0.5, 0.6) is 5.75 Å². The zero-order chi connectivity index (χ0) is 30.3. The molecule has 9 nitrogen and oxygen atoms in total. The number of hydrogen-bond acceptors (Lipinski definition) is 8. The Kier molecular flexibility index (Phi) is 6.58. The van der Waals surface area contributed by atoms with E-state index in [0.717, 1.165) is 31.3 Å². The largest absolute Gasteiger partial charge is 0.489 e. The van der Waals surface area contributed by atoms with Crippen molar-refractivity contribution in [2.75, 3.05) is 4.90 Å². The first-order valence-corrected chi connectivity index (χ1v) is 16.8. The highest BCUT2D eigenvalue weighted by atomic mass is 79.9. The van der Waals surface area contributed by atoms with E-state index in [0.29, 0.717) is 23.4 Å². The van der Waals surface area contributed by atoms with Gasteiger partial charge in [-0.1, -0.05) is 57.6 Å². The zero-order valence-electron chi connectivity index (χ0n) is 22.9. The maximum Gasteiger partial charge on any atom is 0.305 e. The van der Waals surface area contributed by atoms with Gasteiger partial charge in [0, 0.05) is 38.2 Å². The van der Waals surface area contributed by atoms with E-state index in [1.54, 1.807) is 36.0 Å². The molecule has 3 fully saturated rings. The predicted molar refractivity (Wildman–Crippen MR) is 169 cm³/mol. The maximum atomic E-state index is 14.0. The minimum atomic E-state index is -0.481. The van der Waals surface area contributed by atoms with Crippen molar-refractivity contribution in [3.8, 4) is 5.75 Å². The number of benzene rings is 3. The molecule has 12 heteroatoms. The summed E-state index contributed by atoms with van der Waals surface area (Å²) < 4.78 is 7.18. The first-order chi connectivity index (χ1) is 21.3. The average Bonchev–Trinajstić information content (AvgIpc) is 3.76. The quantitative estimate of drug-likeness (QED) is 0.142. The molecule has 7 atom stereocenters. The number of rotatable bonds is 6. The number of H-pyrrole nitrogens is 1. The summed E-state index contributed by atoms with van der Waals surface area (Å²) in [5.74, 6) is -1.49. The summed E-state index contributed by atoms with van der Waals surface area (Å²) in [6, 6.07) is 21.5. The number of amides is 2. The molecule has 2 bridgehead atoms. The van der Waals surface area contributed by atoms with Gasteiger partial charge in [-0.3, -0.25) is 29.4 Å². The van der Waals surface area contributed by atoms with Crippen molar-refractivity contribution in [2.24, 2.45) is 29.6 Å². The number of carbonyl (C=O) groups is 2. The number of carbonyl (C=O) groups excluding carboxylic acids is 2. The minimum Gasteiger partial charge on any atom is -0.489 e. The monoisotopic (exact) mass is 689 g/mol. The lowest BCUT2D eigenvalue weighted by atomic mass is 9.68. The smallest absolute Gasteiger partial charge is 0.305 e. The molecule has 222 valence electrons. The second-order valence-corrected chi connectivity index (χ2v) is 14.8. The van der Waals surface area contributed by atoms with E-state index < -0.39 is 22.7 Å². The Hall–Kier alpha value is -3.74. The molecule has 2 saturated carbocycles. The van der Waals surface area contributed by atoms with Crippen molar-refractivity contribution in [3.63, 3.8) is 0 Å². The Morgan fingerprint density at radius 1 is 0.977 bits per heavy atom. The normalized spacial score (nSPS) is 28.1. The summed E-state index contributed by atoms with van der Waals surface area (Å²) in [5, 5.41) is 12.7. The molecule has 4 aliphatic rings. The fourth-order valence-electron chi connectivity index (χ4n) is 7.97. The van der Waals surface area contributed by atoms with Gasteiger partial charge in [-0.25, -0.2) is 0 Å². The first-order valence-electron chi connectivity index (χ1n) is 14.3. The topological polar surface area (TPSA) is 123 Å². The average molecular weight is 691 g/mol. The van der Waals surface area contributed by atoms with Gasteiger partial charge in [0.2, 0.25) is 11.8 Å². The van der Waals surface area contributed by atoms with E-state index in [1.165, 1.54) is 11.0 Å². The van der Waals surface area contributed by atoms with Gasteiger partial charge in [0.25, 0.3) is 5.69 Å². The van der Waals surface area contributed by atoms with Crippen LogP contribution in [0.15, 0.2) is 87.1 Å². The Labute approximate surface area is 267 Å². The van der Waals surface area contributed by atoms with Gasteiger partial charge in [0.05, 0.1) is 27.5 Å². The first kappa shape index (κ1) is 27.8. The van der Waals surface area contributed by atoms with Crippen LogP contribution in [0.3, 0.4) is 0 Å². The number of fused-ring (bicyclic) bond motifs is 9. The summed E-state index contributed by atoms with van der Waals surface area (Å²) in [7, 11) is 0. The van der Waals surface area contributed by atoms with Crippen LogP contribution in [0.25, 0.3) is 0 Å². The Morgan fingerprint density at radius 3 is 2.43 bits per heavy atom. The summed E-state index contributed by atoms with van der Waals surface area (Å²) in [4.78, 5) is 57.1. The second kappa shape index (κ2) is 10.4. The fraction of sp³-hybridized carbons (Fsp3) is 0.281. The van der Waals surface area contributed by atoms with Crippen LogP contribution in [0.2, 0.25) is 0 Å². The lowest BCUT2D eigenvalue weighted by Crippen LogP contribution is -2.42. The molecule has 0 radical (unpaired) electrons. The van der Waals surface area contributed by atoms with Crippen molar-refractivity contribution in [1.82, 2.24) is 4.98 Å². The Morgan fingerprint density at radius 2 is 1.70 bits per heavy atom. The van der Waals surface area contributed by atoms with Crippen molar-refractivity contribution in [3.05, 3.63) is 113 Å². The molecule has 2 aliphatic carbocycles. The van der Waals surface area contributed by atoms with Gasteiger partial charge in [-0.15, -0.1) is 11.8 Å². The molecule has 0 spiro atoms. The number of halogens is 1. The lowest BCUT2D eigenvalue weighted by Gasteiger charge is -2.43. The summed E-state index contributed by atoms with van der Waals surface area (Å²) in [5.41, 5.74) is 2.07. The van der Waals surface area contributed by atoms with Crippen LogP contribution in [-0.4, -0.2) is 27.0 Å². The number of thiazole rings is 1. The molecule has 2 amide bonds. The highest BCUT2D eigenvalue weighted by Crippen LogP contribution is 2.69. The van der Waals surface area contributed by atoms with Gasteiger partial charge in [-0.05, 0) is 60.1 Å². The molecule has 3 heterocycles. The number of imide groups is 1. The summed E-state index contributed by atoms with van der Waals surface area (Å²) in [6.07, 6.45) is 0.716. The number of non-ortho nitro benzene ring substituents is 1. The molecular formula is C32H24BrN3O6S2. The number of anilines is 1.